The van der Waals surface area contributed by atoms with Crippen molar-refractivity contribution in [1.82, 2.24) is 0 Å². The number of anilines is 1. The Morgan fingerprint density at radius 3 is 2.79 bits per heavy atom. The van der Waals surface area contributed by atoms with Crippen molar-refractivity contribution in [3.63, 3.8) is 0 Å². The lowest BCUT2D eigenvalue weighted by atomic mass is 10.1. The predicted octanol–water partition coefficient (Wildman–Crippen LogP) is 1.83. The van der Waals surface area contributed by atoms with Gasteiger partial charge < -0.3 is 15.2 Å². The van der Waals surface area contributed by atoms with Gasteiger partial charge in [0.25, 0.3) is 0 Å². The largest absolute Gasteiger partial charge is 0.496 e. The van der Waals surface area contributed by atoms with E-state index in [-0.39, 0.29) is 5.56 Å². The number of carbonyl (C=O) groups is 1. The molecule has 1 aromatic carbocycles. The minimum atomic E-state index is -0.988. The topological polar surface area (TPSA) is 58.6 Å². The second-order valence-electron chi connectivity index (χ2n) is 2.72. The first-order chi connectivity index (χ1) is 6.70. The van der Waals surface area contributed by atoms with Crippen molar-refractivity contribution in [3.05, 3.63) is 23.8 Å². The van der Waals surface area contributed by atoms with Crippen LogP contribution in [0.25, 0.3) is 0 Å². The third kappa shape index (κ3) is 1.96. The van der Waals surface area contributed by atoms with Crippen LogP contribution in [0.5, 0.6) is 5.75 Å². The summed E-state index contributed by atoms with van der Waals surface area (Å²) in [6.07, 6.45) is 0. The molecule has 2 N–H and O–H groups in total. The van der Waals surface area contributed by atoms with Gasteiger partial charge in [-0.15, -0.1) is 0 Å². The van der Waals surface area contributed by atoms with Crippen molar-refractivity contribution in [2.75, 3.05) is 19.0 Å². The van der Waals surface area contributed by atoms with Crippen molar-refractivity contribution in [2.24, 2.45) is 0 Å². The molecule has 0 unspecified atom stereocenters. The Labute approximate surface area is 82.5 Å². The van der Waals surface area contributed by atoms with Crippen LogP contribution >= 0.6 is 0 Å². The molecule has 0 aliphatic carbocycles. The molecule has 4 heteroatoms. The molecule has 0 fully saturated rings. The average Bonchev–Trinajstić information content (AvgIpc) is 2.17. The molecule has 1 aromatic rings. The van der Waals surface area contributed by atoms with Crippen LogP contribution in [-0.4, -0.2) is 24.7 Å². The fraction of sp³-hybridized carbons (Fsp3) is 0.300. The number of carboxylic acid groups (broad SMARTS) is 1. The lowest BCUT2D eigenvalue weighted by Crippen LogP contribution is -2.07. The van der Waals surface area contributed by atoms with Gasteiger partial charge in [0.1, 0.15) is 11.3 Å². The number of benzene rings is 1. The van der Waals surface area contributed by atoms with E-state index >= 15 is 0 Å². The van der Waals surface area contributed by atoms with E-state index in [0.717, 1.165) is 0 Å². The molecule has 0 aliphatic rings. The van der Waals surface area contributed by atoms with Crippen molar-refractivity contribution < 1.29 is 14.6 Å². The zero-order valence-corrected chi connectivity index (χ0v) is 8.20. The van der Waals surface area contributed by atoms with Crippen LogP contribution < -0.4 is 10.1 Å². The first-order valence-electron chi connectivity index (χ1n) is 4.34. The molecular weight excluding hydrogens is 182 g/mol. The first kappa shape index (κ1) is 10.4. The highest BCUT2D eigenvalue weighted by atomic mass is 16.5. The van der Waals surface area contributed by atoms with E-state index in [1.165, 1.54) is 7.11 Å². The number of methoxy groups -OCH3 is 1. The van der Waals surface area contributed by atoms with Gasteiger partial charge in [-0.1, -0.05) is 6.07 Å². The molecule has 0 spiro atoms. The van der Waals surface area contributed by atoms with Gasteiger partial charge in [-0.3, -0.25) is 0 Å². The van der Waals surface area contributed by atoms with Gasteiger partial charge in [-0.05, 0) is 19.1 Å². The Morgan fingerprint density at radius 1 is 1.57 bits per heavy atom. The standard InChI is InChI=1S/C10H13NO3/c1-3-11-7-5-4-6-8(14-2)9(7)10(12)13/h4-6,11H,3H2,1-2H3,(H,12,13). The highest BCUT2D eigenvalue weighted by molar-refractivity contribution is 5.97. The van der Waals surface area contributed by atoms with E-state index in [1.54, 1.807) is 18.2 Å². The summed E-state index contributed by atoms with van der Waals surface area (Å²) in [6, 6.07) is 5.10. The Morgan fingerprint density at radius 2 is 2.29 bits per heavy atom. The number of ether oxygens (including phenoxy) is 1. The number of nitrogens with one attached hydrogen (secondary N) is 1. The molecule has 0 aromatic heterocycles. The molecule has 0 heterocycles. The Kier molecular flexibility index (Phi) is 3.34. The number of hydrogen-bond acceptors (Lipinski definition) is 3. The smallest absolute Gasteiger partial charge is 0.341 e. The number of aromatic carboxylic acids is 1. The maximum atomic E-state index is 11.0. The van der Waals surface area contributed by atoms with Gasteiger partial charge in [0.05, 0.1) is 12.8 Å². The van der Waals surface area contributed by atoms with Crippen LogP contribution in [0.1, 0.15) is 17.3 Å². The summed E-state index contributed by atoms with van der Waals surface area (Å²) in [4.78, 5) is 11.0. The van der Waals surface area contributed by atoms with Crippen LogP contribution in [0.3, 0.4) is 0 Å². The van der Waals surface area contributed by atoms with E-state index in [9.17, 15) is 4.79 Å². The number of carboxylic acids is 1. The molecule has 0 aliphatic heterocycles. The van der Waals surface area contributed by atoms with Crippen LogP contribution in [0.15, 0.2) is 18.2 Å². The van der Waals surface area contributed by atoms with Crippen molar-refractivity contribution in [1.29, 1.82) is 0 Å². The average molecular weight is 195 g/mol. The van der Waals surface area contributed by atoms with E-state index in [1.807, 2.05) is 6.92 Å². The summed E-state index contributed by atoms with van der Waals surface area (Å²) in [6.45, 7) is 2.58. The molecular formula is C10H13NO3. The second kappa shape index (κ2) is 4.50. The summed E-state index contributed by atoms with van der Waals surface area (Å²) in [5, 5.41) is 12.0. The molecule has 1 rings (SSSR count). The monoisotopic (exact) mass is 195 g/mol. The second-order valence-corrected chi connectivity index (χ2v) is 2.72. The molecule has 0 radical (unpaired) electrons. The SMILES string of the molecule is CCNc1cccc(OC)c1C(=O)O. The maximum absolute atomic E-state index is 11.0. The molecule has 0 amide bonds. The van der Waals surface area contributed by atoms with Crippen molar-refractivity contribution >= 4 is 11.7 Å². The summed E-state index contributed by atoms with van der Waals surface area (Å²) >= 11 is 0. The van der Waals surface area contributed by atoms with Crippen molar-refractivity contribution in [2.45, 2.75) is 6.92 Å². The fourth-order valence-corrected chi connectivity index (χ4v) is 1.26. The van der Waals surface area contributed by atoms with Gasteiger partial charge in [0.2, 0.25) is 0 Å². The van der Waals surface area contributed by atoms with Gasteiger partial charge in [0, 0.05) is 6.54 Å². The van der Waals surface area contributed by atoms with Gasteiger partial charge in [-0.2, -0.15) is 0 Å². The summed E-state index contributed by atoms with van der Waals surface area (Å²) in [5.74, 6) is -0.616. The Bertz CT molecular complexity index is 336. The van der Waals surface area contributed by atoms with Gasteiger partial charge in [0.15, 0.2) is 0 Å². The molecule has 4 nitrogen and oxygen atoms in total. The summed E-state index contributed by atoms with van der Waals surface area (Å²) < 4.78 is 4.97. The highest BCUT2D eigenvalue weighted by Gasteiger charge is 2.15. The van der Waals surface area contributed by atoms with E-state index in [2.05, 4.69) is 5.32 Å². The molecule has 0 atom stereocenters. The number of rotatable bonds is 4. The first-order valence-corrected chi connectivity index (χ1v) is 4.34. The van der Waals surface area contributed by atoms with Crippen LogP contribution in [0, 0.1) is 0 Å². The van der Waals surface area contributed by atoms with E-state index < -0.39 is 5.97 Å². The lowest BCUT2D eigenvalue weighted by Gasteiger charge is -2.10. The molecule has 0 saturated heterocycles. The predicted molar refractivity (Wildman–Crippen MR) is 54.1 cm³/mol. The fourth-order valence-electron chi connectivity index (χ4n) is 1.26. The minimum absolute atomic E-state index is 0.178. The Hall–Kier alpha value is -1.71. The summed E-state index contributed by atoms with van der Waals surface area (Å²) in [5.41, 5.74) is 0.760. The number of hydrogen-bond donors (Lipinski definition) is 2. The van der Waals surface area contributed by atoms with Crippen molar-refractivity contribution in [3.8, 4) is 5.75 Å². The quantitative estimate of drug-likeness (QED) is 0.769. The van der Waals surface area contributed by atoms with E-state index in [4.69, 9.17) is 9.84 Å². The zero-order chi connectivity index (χ0) is 10.6. The maximum Gasteiger partial charge on any atom is 0.341 e. The van der Waals surface area contributed by atoms with E-state index in [0.29, 0.717) is 18.0 Å². The summed E-state index contributed by atoms with van der Waals surface area (Å²) in [7, 11) is 1.46. The van der Waals surface area contributed by atoms with Gasteiger partial charge in [-0.25, -0.2) is 4.79 Å². The third-order valence-corrected chi connectivity index (χ3v) is 1.83. The normalized spacial score (nSPS) is 9.57. The molecule has 0 saturated carbocycles. The zero-order valence-electron chi connectivity index (χ0n) is 8.20. The highest BCUT2D eigenvalue weighted by Crippen LogP contribution is 2.25. The minimum Gasteiger partial charge on any atom is -0.496 e. The van der Waals surface area contributed by atoms with Crippen LogP contribution in [0.4, 0.5) is 5.69 Å². The molecule has 76 valence electrons. The van der Waals surface area contributed by atoms with Gasteiger partial charge >= 0.3 is 5.97 Å². The molecule has 0 bridgehead atoms. The van der Waals surface area contributed by atoms with Crippen LogP contribution in [0.2, 0.25) is 0 Å². The third-order valence-electron chi connectivity index (χ3n) is 1.83. The molecule has 14 heavy (non-hydrogen) atoms. The lowest BCUT2D eigenvalue weighted by molar-refractivity contribution is 0.0694. The Balaban J connectivity index is 3.20. The van der Waals surface area contributed by atoms with Crippen LogP contribution in [-0.2, 0) is 0 Å².